The summed E-state index contributed by atoms with van der Waals surface area (Å²) < 4.78 is 10.0. The summed E-state index contributed by atoms with van der Waals surface area (Å²) in [6.45, 7) is 4.23. The summed E-state index contributed by atoms with van der Waals surface area (Å²) in [5, 5.41) is 3.85. The SMILES string of the molecule is COC(=O)c1noc(C2CC2)c1CC(C)C. The Hall–Kier alpha value is -1.32. The van der Waals surface area contributed by atoms with Crippen molar-refractivity contribution in [3.8, 4) is 0 Å². The molecule has 0 aliphatic heterocycles. The molecule has 1 aliphatic carbocycles. The molecule has 0 unspecified atom stereocenters. The van der Waals surface area contributed by atoms with Crippen molar-refractivity contribution in [1.29, 1.82) is 0 Å². The lowest BCUT2D eigenvalue weighted by atomic mass is 9.99. The summed E-state index contributed by atoms with van der Waals surface area (Å²) in [6, 6.07) is 0. The lowest BCUT2D eigenvalue weighted by Gasteiger charge is -2.05. The fraction of sp³-hybridized carbons (Fsp3) is 0.667. The van der Waals surface area contributed by atoms with Crippen LogP contribution in [0.5, 0.6) is 0 Å². The predicted octanol–water partition coefficient (Wildman–Crippen LogP) is 2.54. The molecule has 0 atom stereocenters. The third kappa shape index (κ3) is 2.10. The first kappa shape index (κ1) is 11.2. The number of hydrogen-bond acceptors (Lipinski definition) is 4. The highest BCUT2D eigenvalue weighted by molar-refractivity contribution is 5.89. The zero-order valence-corrected chi connectivity index (χ0v) is 9.95. The molecule has 4 heteroatoms. The van der Waals surface area contributed by atoms with Gasteiger partial charge >= 0.3 is 5.97 Å². The van der Waals surface area contributed by atoms with Crippen molar-refractivity contribution in [3.05, 3.63) is 17.0 Å². The van der Waals surface area contributed by atoms with Crippen LogP contribution in [-0.2, 0) is 11.2 Å². The minimum Gasteiger partial charge on any atom is -0.464 e. The topological polar surface area (TPSA) is 52.3 Å². The van der Waals surface area contributed by atoms with Gasteiger partial charge in [0.25, 0.3) is 0 Å². The minimum atomic E-state index is -0.397. The van der Waals surface area contributed by atoms with Gasteiger partial charge in [-0.1, -0.05) is 19.0 Å². The number of esters is 1. The van der Waals surface area contributed by atoms with Crippen LogP contribution in [0.2, 0.25) is 0 Å². The van der Waals surface area contributed by atoms with E-state index < -0.39 is 5.97 Å². The number of methoxy groups -OCH3 is 1. The van der Waals surface area contributed by atoms with Crippen LogP contribution in [0, 0.1) is 5.92 Å². The van der Waals surface area contributed by atoms with Crippen LogP contribution < -0.4 is 0 Å². The molecule has 1 aromatic heterocycles. The molecule has 1 fully saturated rings. The molecule has 0 bridgehead atoms. The monoisotopic (exact) mass is 223 g/mol. The Kier molecular flexibility index (Phi) is 2.99. The van der Waals surface area contributed by atoms with Gasteiger partial charge in [-0.2, -0.15) is 0 Å². The van der Waals surface area contributed by atoms with Crippen LogP contribution in [-0.4, -0.2) is 18.2 Å². The molecule has 0 amide bonds. The van der Waals surface area contributed by atoms with Crippen LogP contribution >= 0.6 is 0 Å². The van der Waals surface area contributed by atoms with Gasteiger partial charge in [0.05, 0.1) is 7.11 Å². The maximum absolute atomic E-state index is 11.5. The smallest absolute Gasteiger partial charge is 0.360 e. The Balaban J connectivity index is 2.32. The van der Waals surface area contributed by atoms with Crippen LogP contribution in [0.4, 0.5) is 0 Å². The molecule has 1 heterocycles. The Morgan fingerprint density at radius 2 is 2.25 bits per heavy atom. The molecule has 1 aliphatic rings. The van der Waals surface area contributed by atoms with Gasteiger partial charge in [-0.25, -0.2) is 4.79 Å². The van der Waals surface area contributed by atoms with E-state index >= 15 is 0 Å². The van der Waals surface area contributed by atoms with Gasteiger partial charge in [0, 0.05) is 11.5 Å². The Morgan fingerprint density at radius 3 is 2.75 bits per heavy atom. The second-order valence-corrected chi connectivity index (χ2v) is 4.74. The number of aromatic nitrogens is 1. The average Bonchev–Trinajstić information content (AvgIpc) is 3.00. The fourth-order valence-corrected chi connectivity index (χ4v) is 1.85. The lowest BCUT2D eigenvalue weighted by molar-refractivity contribution is 0.0588. The van der Waals surface area contributed by atoms with Gasteiger partial charge in [0.15, 0.2) is 5.69 Å². The molecular weight excluding hydrogens is 206 g/mol. The fourth-order valence-electron chi connectivity index (χ4n) is 1.85. The first-order valence-corrected chi connectivity index (χ1v) is 5.70. The van der Waals surface area contributed by atoms with Gasteiger partial charge in [0.1, 0.15) is 5.76 Å². The van der Waals surface area contributed by atoms with E-state index in [2.05, 4.69) is 19.0 Å². The second kappa shape index (κ2) is 4.28. The van der Waals surface area contributed by atoms with E-state index in [0.717, 1.165) is 30.6 Å². The Morgan fingerprint density at radius 1 is 1.56 bits per heavy atom. The van der Waals surface area contributed by atoms with Gasteiger partial charge in [-0.3, -0.25) is 0 Å². The standard InChI is InChI=1S/C12H17NO3/c1-7(2)6-9-10(12(14)15-3)13-16-11(9)8-4-5-8/h7-8H,4-6H2,1-3H3. The lowest BCUT2D eigenvalue weighted by Crippen LogP contribution is -2.08. The van der Waals surface area contributed by atoms with Crippen LogP contribution in [0.1, 0.15) is 54.4 Å². The third-order valence-electron chi connectivity index (χ3n) is 2.76. The molecule has 0 N–H and O–H groups in total. The molecule has 0 radical (unpaired) electrons. The number of carbonyl (C=O) groups excluding carboxylic acids is 1. The van der Waals surface area contributed by atoms with Crippen molar-refractivity contribution in [1.82, 2.24) is 5.16 Å². The predicted molar refractivity (Wildman–Crippen MR) is 58.4 cm³/mol. The van der Waals surface area contributed by atoms with E-state index in [1.54, 1.807) is 0 Å². The molecule has 1 saturated carbocycles. The number of carbonyl (C=O) groups is 1. The molecule has 1 aromatic rings. The highest BCUT2D eigenvalue weighted by Gasteiger charge is 2.34. The van der Waals surface area contributed by atoms with E-state index in [1.807, 2.05) is 0 Å². The van der Waals surface area contributed by atoms with E-state index in [1.165, 1.54) is 7.11 Å². The third-order valence-corrected chi connectivity index (χ3v) is 2.76. The van der Waals surface area contributed by atoms with Crippen molar-refractivity contribution in [3.63, 3.8) is 0 Å². The molecule has 2 rings (SSSR count). The van der Waals surface area contributed by atoms with Crippen molar-refractivity contribution >= 4 is 5.97 Å². The minimum absolute atomic E-state index is 0.359. The largest absolute Gasteiger partial charge is 0.464 e. The number of rotatable bonds is 4. The molecule has 0 saturated heterocycles. The van der Waals surface area contributed by atoms with Crippen molar-refractivity contribution in [2.24, 2.45) is 5.92 Å². The van der Waals surface area contributed by atoms with Crippen LogP contribution in [0.3, 0.4) is 0 Å². The van der Waals surface area contributed by atoms with Gasteiger partial charge in [-0.15, -0.1) is 0 Å². The molecule has 16 heavy (non-hydrogen) atoms. The Labute approximate surface area is 95.0 Å². The van der Waals surface area contributed by atoms with E-state index in [-0.39, 0.29) is 0 Å². The molecule has 4 nitrogen and oxygen atoms in total. The summed E-state index contributed by atoms with van der Waals surface area (Å²) in [5.41, 5.74) is 1.31. The molecule has 0 aromatic carbocycles. The normalized spacial score (nSPS) is 15.5. The van der Waals surface area contributed by atoms with E-state index in [9.17, 15) is 4.79 Å². The zero-order valence-electron chi connectivity index (χ0n) is 9.95. The summed E-state index contributed by atoms with van der Waals surface area (Å²) >= 11 is 0. The zero-order chi connectivity index (χ0) is 11.7. The average molecular weight is 223 g/mol. The van der Waals surface area contributed by atoms with Crippen LogP contribution in [0.25, 0.3) is 0 Å². The number of hydrogen-bond donors (Lipinski definition) is 0. The maximum Gasteiger partial charge on any atom is 0.360 e. The van der Waals surface area contributed by atoms with Crippen LogP contribution in [0.15, 0.2) is 4.52 Å². The first-order chi connectivity index (χ1) is 7.63. The van der Waals surface area contributed by atoms with Crippen molar-refractivity contribution < 1.29 is 14.1 Å². The number of ether oxygens (including phenoxy) is 1. The van der Waals surface area contributed by atoms with E-state index in [4.69, 9.17) is 9.26 Å². The second-order valence-electron chi connectivity index (χ2n) is 4.74. The summed E-state index contributed by atoms with van der Waals surface area (Å²) in [4.78, 5) is 11.5. The molecule has 88 valence electrons. The quantitative estimate of drug-likeness (QED) is 0.736. The number of nitrogens with zero attached hydrogens (tertiary/aromatic N) is 1. The highest BCUT2D eigenvalue weighted by Crippen LogP contribution is 2.43. The van der Waals surface area contributed by atoms with Gasteiger partial charge in [0.2, 0.25) is 0 Å². The molecule has 0 spiro atoms. The van der Waals surface area contributed by atoms with Crippen molar-refractivity contribution in [2.45, 2.75) is 39.0 Å². The Bertz CT molecular complexity index is 391. The summed E-state index contributed by atoms with van der Waals surface area (Å²) in [5.74, 6) is 1.44. The van der Waals surface area contributed by atoms with Gasteiger partial charge in [-0.05, 0) is 25.2 Å². The van der Waals surface area contributed by atoms with Gasteiger partial charge < -0.3 is 9.26 Å². The van der Waals surface area contributed by atoms with Crippen molar-refractivity contribution in [2.75, 3.05) is 7.11 Å². The first-order valence-electron chi connectivity index (χ1n) is 5.70. The highest BCUT2D eigenvalue weighted by atomic mass is 16.5. The summed E-state index contributed by atoms with van der Waals surface area (Å²) in [7, 11) is 1.37. The molecular formula is C12H17NO3. The summed E-state index contributed by atoms with van der Waals surface area (Å²) in [6.07, 6.45) is 3.10. The van der Waals surface area contributed by atoms with E-state index in [0.29, 0.717) is 17.5 Å². The maximum atomic E-state index is 11.5.